The quantitative estimate of drug-likeness (QED) is 0.751. The lowest BCUT2D eigenvalue weighted by molar-refractivity contribution is 0.0697. The molecule has 0 unspecified atom stereocenters. The molecule has 0 spiro atoms. The first kappa shape index (κ1) is 15.9. The Bertz CT molecular complexity index is 788. The molecule has 1 aliphatic rings. The van der Waals surface area contributed by atoms with E-state index in [0.717, 1.165) is 30.5 Å². The molecule has 0 saturated heterocycles. The predicted octanol–water partition coefficient (Wildman–Crippen LogP) is 2.79. The average molecular weight is 325 g/mol. The normalized spacial score (nSPS) is 13.0. The van der Waals surface area contributed by atoms with Crippen LogP contribution in [0.3, 0.4) is 0 Å². The van der Waals surface area contributed by atoms with Gasteiger partial charge in [-0.3, -0.25) is 4.98 Å². The number of rotatable bonds is 6. The van der Waals surface area contributed by atoms with Gasteiger partial charge < -0.3 is 15.7 Å². The number of aryl methyl sites for hydroxylation is 1. The Morgan fingerprint density at radius 3 is 3.00 bits per heavy atom. The number of hydrogen-bond acceptors (Lipinski definition) is 6. The standard InChI is InChI=1S/C17H19N5O2/c1-2-6-19-15-14(16(23)24)10-20-17(22-15)21-13-4-3-12-9-18-7-5-11(12)8-13/h5,7-10H,2-4,6H2,1H3,(H,23,24)(H2,19,20,21,22). The molecule has 0 radical (unpaired) electrons. The summed E-state index contributed by atoms with van der Waals surface area (Å²) in [7, 11) is 0. The molecule has 0 fully saturated rings. The molecule has 24 heavy (non-hydrogen) atoms. The van der Waals surface area contributed by atoms with E-state index in [2.05, 4.69) is 25.6 Å². The first-order valence-corrected chi connectivity index (χ1v) is 7.92. The summed E-state index contributed by atoms with van der Waals surface area (Å²) in [6.07, 6.45) is 9.64. The van der Waals surface area contributed by atoms with Gasteiger partial charge in [0.25, 0.3) is 0 Å². The maximum absolute atomic E-state index is 11.3. The molecule has 0 aliphatic heterocycles. The Balaban J connectivity index is 1.83. The summed E-state index contributed by atoms with van der Waals surface area (Å²) in [5, 5.41) is 15.5. The number of carbonyl (C=O) groups is 1. The fraction of sp³-hybridized carbons (Fsp3) is 0.294. The predicted molar refractivity (Wildman–Crippen MR) is 91.9 cm³/mol. The van der Waals surface area contributed by atoms with E-state index in [1.54, 1.807) is 6.20 Å². The lowest BCUT2D eigenvalue weighted by atomic mass is 9.97. The smallest absolute Gasteiger partial charge is 0.341 e. The number of nitrogens with zero attached hydrogens (tertiary/aromatic N) is 3. The SMILES string of the molecule is CCCNc1nc(NC2=Cc3ccncc3CC2)ncc1C(=O)O. The van der Waals surface area contributed by atoms with E-state index in [1.165, 1.54) is 11.8 Å². The fourth-order valence-electron chi connectivity index (χ4n) is 2.54. The van der Waals surface area contributed by atoms with Gasteiger partial charge in [-0.15, -0.1) is 0 Å². The zero-order valence-electron chi connectivity index (χ0n) is 13.4. The van der Waals surface area contributed by atoms with Crippen LogP contribution >= 0.6 is 0 Å². The molecule has 0 atom stereocenters. The summed E-state index contributed by atoms with van der Waals surface area (Å²) >= 11 is 0. The molecule has 1 aliphatic carbocycles. The van der Waals surface area contributed by atoms with E-state index in [9.17, 15) is 9.90 Å². The van der Waals surface area contributed by atoms with E-state index in [-0.39, 0.29) is 5.56 Å². The molecule has 3 rings (SSSR count). The Kier molecular flexibility index (Phi) is 4.69. The lowest BCUT2D eigenvalue weighted by Gasteiger charge is -2.17. The van der Waals surface area contributed by atoms with Crippen LogP contribution in [0.1, 0.15) is 41.3 Å². The highest BCUT2D eigenvalue weighted by Crippen LogP contribution is 2.24. The molecule has 2 heterocycles. The minimum atomic E-state index is -1.04. The monoisotopic (exact) mass is 325 g/mol. The van der Waals surface area contributed by atoms with Crippen molar-refractivity contribution in [1.29, 1.82) is 0 Å². The van der Waals surface area contributed by atoms with Crippen LogP contribution in [0.5, 0.6) is 0 Å². The molecule has 7 nitrogen and oxygen atoms in total. The van der Waals surface area contributed by atoms with Gasteiger partial charge in [0.1, 0.15) is 11.4 Å². The maximum atomic E-state index is 11.3. The average Bonchev–Trinajstić information content (AvgIpc) is 2.59. The highest BCUT2D eigenvalue weighted by atomic mass is 16.4. The molecule has 0 aromatic carbocycles. The summed E-state index contributed by atoms with van der Waals surface area (Å²) < 4.78 is 0. The molecule has 124 valence electrons. The van der Waals surface area contributed by atoms with Gasteiger partial charge in [0, 0.05) is 30.8 Å². The first-order valence-electron chi connectivity index (χ1n) is 7.92. The molecule has 0 saturated carbocycles. The molecular weight excluding hydrogens is 306 g/mol. The van der Waals surface area contributed by atoms with Gasteiger partial charge in [-0.1, -0.05) is 6.92 Å². The highest BCUT2D eigenvalue weighted by Gasteiger charge is 2.15. The summed E-state index contributed by atoms with van der Waals surface area (Å²) in [5.74, 6) is -0.316. The van der Waals surface area contributed by atoms with Crippen LogP contribution < -0.4 is 10.6 Å². The molecule has 7 heteroatoms. The minimum Gasteiger partial charge on any atom is -0.477 e. The van der Waals surface area contributed by atoms with Crippen molar-refractivity contribution in [2.24, 2.45) is 0 Å². The number of hydrogen-bond donors (Lipinski definition) is 3. The number of aromatic carboxylic acids is 1. The molecule has 0 bridgehead atoms. The highest BCUT2D eigenvalue weighted by molar-refractivity contribution is 5.93. The zero-order chi connectivity index (χ0) is 16.9. The van der Waals surface area contributed by atoms with Crippen molar-refractivity contribution >= 4 is 23.8 Å². The van der Waals surface area contributed by atoms with Crippen molar-refractivity contribution in [3.8, 4) is 0 Å². The van der Waals surface area contributed by atoms with Crippen LogP contribution in [-0.4, -0.2) is 32.6 Å². The van der Waals surface area contributed by atoms with Gasteiger partial charge in [0.2, 0.25) is 5.95 Å². The van der Waals surface area contributed by atoms with Crippen molar-refractivity contribution < 1.29 is 9.90 Å². The zero-order valence-corrected chi connectivity index (χ0v) is 13.4. The minimum absolute atomic E-state index is 0.0723. The third-order valence-corrected chi connectivity index (χ3v) is 3.77. The van der Waals surface area contributed by atoms with Gasteiger partial charge >= 0.3 is 5.97 Å². The van der Waals surface area contributed by atoms with E-state index >= 15 is 0 Å². The number of fused-ring (bicyclic) bond motifs is 1. The summed E-state index contributed by atoms with van der Waals surface area (Å²) in [4.78, 5) is 23.8. The van der Waals surface area contributed by atoms with Crippen molar-refractivity contribution in [3.05, 3.63) is 47.0 Å². The number of allylic oxidation sites excluding steroid dienone is 1. The molecule has 2 aromatic heterocycles. The second-order valence-corrected chi connectivity index (χ2v) is 5.56. The van der Waals surface area contributed by atoms with Crippen LogP contribution in [0, 0.1) is 0 Å². The van der Waals surface area contributed by atoms with Crippen LogP contribution in [0.25, 0.3) is 6.08 Å². The largest absolute Gasteiger partial charge is 0.477 e. The lowest BCUT2D eigenvalue weighted by Crippen LogP contribution is -2.13. The van der Waals surface area contributed by atoms with Gasteiger partial charge in [0.15, 0.2) is 0 Å². The van der Waals surface area contributed by atoms with Crippen molar-refractivity contribution in [2.75, 3.05) is 17.2 Å². The third kappa shape index (κ3) is 3.51. The molecule has 3 N–H and O–H groups in total. The van der Waals surface area contributed by atoms with Crippen LogP contribution in [-0.2, 0) is 6.42 Å². The summed E-state index contributed by atoms with van der Waals surface area (Å²) in [5.41, 5.74) is 3.42. The van der Waals surface area contributed by atoms with Gasteiger partial charge in [-0.2, -0.15) is 4.98 Å². The van der Waals surface area contributed by atoms with E-state index < -0.39 is 5.97 Å². The third-order valence-electron chi connectivity index (χ3n) is 3.77. The Hall–Kier alpha value is -2.96. The maximum Gasteiger partial charge on any atom is 0.341 e. The fourth-order valence-corrected chi connectivity index (χ4v) is 2.54. The Morgan fingerprint density at radius 1 is 1.33 bits per heavy atom. The number of nitrogens with one attached hydrogen (secondary N) is 2. The summed E-state index contributed by atoms with van der Waals surface area (Å²) in [6, 6.07) is 1.97. The number of carboxylic acid groups (broad SMARTS) is 1. The van der Waals surface area contributed by atoms with E-state index in [4.69, 9.17) is 0 Å². The number of carboxylic acids is 1. The van der Waals surface area contributed by atoms with Crippen LogP contribution in [0.15, 0.2) is 30.4 Å². The van der Waals surface area contributed by atoms with Crippen LogP contribution in [0.4, 0.5) is 11.8 Å². The van der Waals surface area contributed by atoms with E-state index in [1.807, 2.05) is 25.3 Å². The van der Waals surface area contributed by atoms with Crippen molar-refractivity contribution in [3.63, 3.8) is 0 Å². The van der Waals surface area contributed by atoms with Crippen molar-refractivity contribution in [2.45, 2.75) is 26.2 Å². The number of pyridine rings is 1. The Labute approximate surface area is 139 Å². The van der Waals surface area contributed by atoms with Gasteiger partial charge in [-0.25, -0.2) is 9.78 Å². The Morgan fingerprint density at radius 2 is 2.21 bits per heavy atom. The van der Waals surface area contributed by atoms with Gasteiger partial charge in [0.05, 0.1) is 0 Å². The van der Waals surface area contributed by atoms with Crippen LogP contribution in [0.2, 0.25) is 0 Å². The number of anilines is 2. The van der Waals surface area contributed by atoms with Crippen molar-refractivity contribution in [1.82, 2.24) is 15.0 Å². The second kappa shape index (κ2) is 7.08. The molecule has 2 aromatic rings. The van der Waals surface area contributed by atoms with Gasteiger partial charge in [-0.05, 0) is 42.5 Å². The topological polar surface area (TPSA) is 100 Å². The molecular formula is C17H19N5O2. The first-order chi connectivity index (χ1) is 11.7. The number of aromatic nitrogens is 3. The second-order valence-electron chi connectivity index (χ2n) is 5.56. The summed E-state index contributed by atoms with van der Waals surface area (Å²) in [6.45, 7) is 2.66. The van der Waals surface area contributed by atoms with E-state index in [0.29, 0.717) is 18.3 Å². The molecule has 0 amide bonds.